The van der Waals surface area contributed by atoms with Gasteiger partial charge in [0.05, 0.1) is 104 Å². The number of rotatable bonds is 29. The number of carbonyl (C=O) groups is 2. The van der Waals surface area contributed by atoms with Crippen LogP contribution in [0.4, 0.5) is 0 Å². The topological polar surface area (TPSA) is 175 Å². The number of H-pyrrole nitrogens is 2. The van der Waals surface area contributed by atoms with Crippen LogP contribution in [0.5, 0.6) is 0 Å². The molecule has 0 spiro atoms. The van der Waals surface area contributed by atoms with E-state index in [4.69, 9.17) is 52.6 Å². The summed E-state index contributed by atoms with van der Waals surface area (Å²) in [7, 11) is 3.05. The van der Waals surface area contributed by atoms with Crippen molar-refractivity contribution in [1.82, 2.24) is 19.9 Å². The molecule has 2 aliphatic heterocycles. The van der Waals surface area contributed by atoms with Crippen LogP contribution in [0.15, 0.2) is 43.5 Å². The van der Waals surface area contributed by atoms with Crippen LogP contribution in [0, 0.1) is 13.8 Å². The van der Waals surface area contributed by atoms with Gasteiger partial charge in [0.25, 0.3) is 0 Å². The molecule has 65 heavy (non-hydrogen) atoms. The van der Waals surface area contributed by atoms with Gasteiger partial charge in [-0.2, -0.15) is 0 Å². The van der Waals surface area contributed by atoms with Crippen molar-refractivity contribution in [2.75, 3.05) is 107 Å². The Morgan fingerprint density at radius 3 is 1.75 bits per heavy atom. The average molecular weight is 901 g/mol. The second kappa shape index (κ2) is 26.8. The molecule has 2 N–H and O–H groups in total. The SMILES string of the molecule is C=CC1=C(C)c2cc3nc(cc4[nH]c(cc5[nH]c(cc1n2)c(C)c5C=C)c(C)c4CCC(=O)OCCOCCOCCOCCOCCOCCOCCOC)C(CCC(=O)OC)C3C. The predicted octanol–water partition coefficient (Wildman–Crippen LogP) is 7.75. The molecule has 354 valence electrons. The van der Waals surface area contributed by atoms with Crippen molar-refractivity contribution in [2.24, 2.45) is 0 Å². The molecule has 3 aromatic heterocycles. The summed E-state index contributed by atoms with van der Waals surface area (Å²) in [6.07, 6.45) is 5.12. The summed E-state index contributed by atoms with van der Waals surface area (Å²) in [6, 6.07) is 8.26. The van der Waals surface area contributed by atoms with Gasteiger partial charge in [-0.25, -0.2) is 4.98 Å². The van der Waals surface area contributed by atoms with E-state index in [2.05, 4.69) is 75.1 Å². The molecule has 2 atom stereocenters. The molecule has 0 fully saturated rings. The van der Waals surface area contributed by atoms with Crippen molar-refractivity contribution in [3.8, 4) is 0 Å². The minimum Gasteiger partial charge on any atom is -0.469 e. The Kier molecular flexibility index (Phi) is 21.1. The number of aromatic nitrogens is 4. The van der Waals surface area contributed by atoms with Gasteiger partial charge in [-0.1, -0.05) is 32.2 Å². The van der Waals surface area contributed by atoms with E-state index in [1.165, 1.54) is 7.11 Å². The third kappa shape index (κ3) is 14.8. The number of nitrogens with zero attached hydrogens (tertiary/aromatic N) is 2. The number of esters is 2. The molecule has 8 bridgehead atoms. The molecule has 0 aromatic carbocycles. The lowest BCUT2D eigenvalue weighted by Gasteiger charge is -2.15. The molecule has 0 amide bonds. The zero-order valence-corrected chi connectivity index (χ0v) is 39.1. The number of hydrogen-bond acceptors (Lipinski definition) is 13. The first-order valence-electron chi connectivity index (χ1n) is 22.5. The summed E-state index contributed by atoms with van der Waals surface area (Å²) < 4.78 is 48.5. The number of methoxy groups -OCH3 is 2. The highest BCUT2D eigenvalue weighted by molar-refractivity contribution is 5.96. The van der Waals surface area contributed by atoms with Gasteiger partial charge in [-0.15, -0.1) is 0 Å². The summed E-state index contributed by atoms with van der Waals surface area (Å²) in [5, 5.41) is 0. The van der Waals surface area contributed by atoms with E-state index in [1.807, 2.05) is 12.2 Å². The second-order valence-electron chi connectivity index (χ2n) is 15.8. The average Bonchev–Trinajstić information content (AvgIpc) is 3.97. The summed E-state index contributed by atoms with van der Waals surface area (Å²) in [5.41, 5.74) is 12.9. The lowest BCUT2D eigenvalue weighted by Crippen LogP contribution is -2.15. The van der Waals surface area contributed by atoms with Crippen LogP contribution in [0.1, 0.15) is 90.0 Å². The molecule has 0 aliphatic carbocycles. The van der Waals surface area contributed by atoms with Crippen LogP contribution in [0.25, 0.3) is 39.3 Å². The summed E-state index contributed by atoms with van der Waals surface area (Å²) in [6.45, 7) is 22.7. The minimum atomic E-state index is -0.324. The maximum atomic E-state index is 13.1. The summed E-state index contributed by atoms with van der Waals surface area (Å²) >= 11 is 0. The molecule has 5 heterocycles. The van der Waals surface area contributed by atoms with Crippen molar-refractivity contribution in [2.45, 2.75) is 65.2 Å². The molecule has 2 aliphatic rings. The fourth-order valence-corrected chi connectivity index (χ4v) is 7.85. The van der Waals surface area contributed by atoms with Crippen LogP contribution in [-0.2, 0) is 58.6 Å². The normalized spacial score (nSPS) is 14.8. The smallest absolute Gasteiger partial charge is 0.306 e. The van der Waals surface area contributed by atoms with Crippen LogP contribution >= 0.6 is 0 Å². The predicted molar refractivity (Wildman–Crippen MR) is 252 cm³/mol. The molecule has 5 rings (SSSR count). The Morgan fingerprint density at radius 2 is 1.18 bits per heavy atom. The van der Waals surface area contributed by atoms with Crippen LogP contribution < -0.4 is 0 Å². The molecule has 3 aromatic rings. The standard InChI is InChI=1S/C50H68N4O11/c1-9-37-33(3)41-29-42-35(5)39(11-13-49(55)58-8)47(53-42)32-48-40(36(6)44(54-48)31-46-38(10-2)34(4)43(52-46)30-45(37)51-41)12-14-50(56)65-28-27-64-26-25-63-24-23-62-22-21-61-20-19-60-18-17-59-16-15-57-7/h9-10,29-32,35,39,52,54H,1-2,11-28H2,3-8H3. The number of ether oxygens (including phenoxy) is 9. The Morgan fingerprint density at radius 1 is 0.615 bits per heavy atom. The van der Waals surface area contributed by atoms with Crippen LogP contribution in [0.2, 0.25) is 0 Å². The number of carbonyl (C=O) groups excluding carboxylic acids is 2. The Balaban J connectivity index is 1.18. The summed E-state index contributed by atoms with van der Waals surface area (Å²) in [4.78, 5) is 43.0. The van der Waals surface area contributed by atoms with E-state index >= 15 is 0 Å². The van der Waals surface area contributed by atoms with Gasteiger partial charge in [-0.3, -0.25) is 14.6 Å². The fourth-order valence-electron chi connectivity index (χ4n) is 7.85. The van der Waals surface area contributed by atoms with E-state index in [9.17, 15) is 9.59 Å². The first-order valence-corrected chi connectivity index (χ1v) is 22.5. The van der Waals surface area contributed by atoms with Gasteiger partial charge in [-0.05, 0) is 80.1 Å². The lowest BCUT2D eigenvalue weighted by molar-refractivity contribution is -0.145. The molecular weight excluding hydrogens is 833 g/mol. The number of nitrogens with one attached hydrogen (secondary N) is 2. The highest BCUT2D eigenvalue weighted by Gasteiger charge is 2.30. The van der Waals surface area contributed by atoms with Crippen molar-refractivity contribution >= 4 is 51.2 Å². The largest absolute Gasteiger partial charge is 0.469 e. The van der Waals surface area contributed by atoms with Gasteiger partial charge >= 0.3 is 11.9 Å². The monoisotopic (exact) mass is 900 g/mol. The van der Waals surface area contributed by atoms with Crippen molar-refractivity contribution in [1.29, 1.82) is 0 Å². The summed E-state index contributed by atoms with van der Waals surface area (Å²) in [5.74, 6) is -0.654. The molecule has 15 heteroatoms. The number of aromatic amines is 2. The molecule has 0 radical (unpaired) electrons. The van der Waals surface area contributed by atoms with Crippen molar-refractivity contribution in [3.63, 3.8) is 0 Å². The van der Waals surface area contributed by atoms with E-state index in [-0.39, 0.29) is 49.8 Å². The molecule has 15 nitrogen and oxygen atoms in total. The molecule has 0 saturated heterocycles. The first-order chi connectivity index (χ1) is 31.6. The Hall–Kier alpha value is -5.00. The van der Waals surface area contributed by atoms with Crippen LogP contribution in [0.3, 0.4) is 0 Å². The number of fused-ring (bicyclic) bond motifs is 8. The van der Waals surface area contributed by atoms with Gasteiger partial charge in [0, 0.05) is 76.4 Å². The molecule has 2 unspecified atom stereocenters. The van der Waals surface area contributed by atoms with Gasteiger partial charge in [0.15, 0.2) is 0 Å². The number of hydrogen-bond donors (Lipinski definition) is 2. The third-order valence-corrected chi connectivity index (χ3v) is 11.6. The highest BCUT2D eigenvalue weighted by atomic mass is 16.6. The fraction of sp³-hybridized carbons (Fsp3) is 0.520. The maximum Gasteiger partial charge on any atom is 0.306 e. The maximum absolute atomic E-state index is 13.1. The highest BCUT2D eigenvalue weighted by Crippen LogP contribution is 2.41. The van der Waals surface area contributed by atoms with Gasteiger partial charge in [0.2, 0.25) is 0 Å². The minimum absolute atomic E-state index is 0.000411. The third-order valence-electron chi connectivity index (χ3n) is 11.6. The van der Waals surface area contributed by atoms with E-state index in [0.29, 0.717) is 92.1 Å². The number of aryl methyl sites for hydroxylation is 3. The quantitative estimate of drug-likeness (QED) is 0.0512. The first kappa shape index (κ1) is 51.0. The number of allylic oxidation sites excluding steroid dienone is 3. The Labute approximate surface area is 382 Å². The molecular formula is C50H68N4O11. The van der Waals surface area contributed by atoms with Crippen LogP contribution in [-0.4, -0.2) is 139 Å². The van der Waals surface area contributed by atoms with E-state index in [1.54, 1.807) is 7.11 Å². The van der Waals surface area contributed by atoms with Gasteiger partial charge in [0.1, 0.15) is 6.61 Å². The lowest BCUT2D eigenvalue weighted by atomic mass is 9.87. The zero-order chi connectivity index (χ0) is 46.6. The van der Waals surface area contributed by atoms with E-state index in [0.717, 1.165) is 78.2 Å². The van der Waals surface area contributed by atoms with Gasteiger partial charge < -0.3 is 52.6 Å². The van der Waals surface area contributed by atoms with E-state index < -0.39 is 0 Å². The second-order valence-corrected chi connectivity index (χ2v) is 15.8. The van der Waals surface area contributed by atoms with Crippen molar-refractivity contribution < 1.29 is 52.2 Å². The zero-order valence-electron chi connectivity index (χ0n) is 39.1. The van der Waals surface area contributed by atoms with Crippen molar-refractivity contribution in [3.05, 3.63) is 88.5 Å². The Bertz CT molecular complexity index is 2260. The molecule has 0 saturated carbocycles.